The molecule has 1 amide bonds. The fourth-order valence-electron chi connectivity index (χ4n) is 4.55. The Labute approximate surface area is 257 Å². The molecule has 0 radical (unpaired) electrons. The second-order valence-corrected chi connectivity index (χ2v) is 10.1. The van der Waals surface area contributed by atoms with Crippen molar-refractivity contribution in [2.75, 3.05) is 6.54 Å². The maximum absolute atomic E-state index is 12.5. The molecule has 9 heteroatoms. The third-order valence-corrected chi connectivity index (χ3v) is 6.92. The summed E-state index contributed by atoms with van der Waals surface area (Å²) in [4.78, 5) is 32.5. The standard InChI is InChI=1S/C24H27N5O3.C11H11N/c30-23(29-22(24(31)32)11-14-25-16-20-5-1-3-12-27-20)19-9-7-18(8-10-19)15-26-17-21-6-2-4-13-28-21;12-8-10-6-3-5-9-4-1-2-7-11(9)10/h1-10,12-13,22,25-26H,11,14-17H2,(H,29,30)(H,31,32);1-7H,8,12H2/t22-;/m0./s1. The molecule has 0 unspecified atom stereocenters. The van der Waals surface area contributed by atoms with Crippen LogP contribution in [-0.2, 0) is 31.0 Å². The van der Waals surface area contributed by atoms with Crippen LogP contribution in [0.3, 0.4) is 0 Å². The minimum Gasteiger partial charge on any atom is -0.480 e. The Hall–Kier alpha value is -4.96. The van der Waals surface area contributed by atoms with Gasteiger partial charge in [-0.1, -0.05) is 66.7 Å². The minimum atomic E-state index is -1.06. The average molecular weight is 591 g/mol. The van der Waals surface area contributed by atoms with Gasteiger partial charge in [0, 0.05) is 44.1 Å². The lowest BCUT2D eigenvalue weighted by atomic mass is 10.1. The molecule has 0 spiro atoms. The van der Waals surface area contributed by atoms with Gasteiger partial charge in [-0.3, -0.25) is 14.8 Å². The number of carbonyl (C=O) groups is 2. The molecule has 226 valence electrons. The first-order chi connectivity index (χ1) is 21.5. The summed E-state index contributed by atoms with van der Waals surface area (Å²) in [5.74, 6) is -1.47. The van der Waals surface area contributed by atoms with Gasteiger partial charge in [-0.05, 0) is 71.3 Å². The van der Waals surface area contributed by atoms with Crippen molar-refractivity contribution in [3.8, 4) is 0 Å². The van der Waals surface area contributed by atoms with E-state index >= 15 is 0 Å². The Morgan fingerprint density at radius 3 is 2.00 bits per heavy atom. The Morgan fingerprint density at radius 1 is 0.727 bits per heavy atom. The van der Waals surface area contributed by atoms with E-state index in [2.05, 4.69) is 50.2 Å². The van der Waals surface area contributed by atoms with Crippen molar-refractivity contribution in [2.45, 2.75) is 38.6 Å². The molecule has 5 rings (SSSR count). The van der Waals surface area contributed by atoms with Crippen molar-refractivity contribution < 1.29 is 14.7 Å². The lowest BCUT2D eigenvalue weighted by molar-refractivity contribution is -0.139. The number of amides is 1. The number of aromatic nitrogens is 2. The van der Waals surface area contributed by atoms with Gasteiger partial charge in [0.25, 0.3) is 5.91 Å². The van der Waals surface area contributed by atoms with E-state index in [1.54, 1.807) is 24.5 Å². The van der Waals surface area contributed by atoms with Gasteiger partial charge in [0.1, 0.15) is 6.04 Å². The first kappa shape index (κ1) is 32.0. The first-order valence-electron chi connectivity index (χ1n) is 14.5. The monoisotopic (exact) mass is 590 g/mol. The number of rotatable bonds is 13. The Kier molecular flexibility index (Phi) is 12.5. The third-order valence-electron chi connectivity index (χ3n) is 6.92. The summed E-state index contributed by atoms with van der Waals surface area (Å²) in [5, 5.41) is 21.0. The van der Waals surface area contributed by atoms with Gasteiger partial charge in [0.2, 0.25) is 0 Å². The van der Waals surface area contributed by atoms with Gasteiger partial charge in [0.05, 0.1) is 11.4 Å². The molecule has 6 N–H and O–H groups in total. The number of nitrogens with zero attached hydrogens (tertiary/aromatic N) is 2. The lowest BCUT2D eigenvalue weighted by Gasteiger charge is -2.15. The summed E-state index contributed by atoms with van der Waals surface area (Å²) in [5.41, 5.74) is 10.1. The maximum Gasteiger partial charge on any atom is 0.326 e. The summed E-state index contributed by atoms with van der Waals surface area (Å²) in [6, 6.07) is 32.0. The van der Waals surface area contributed by atoms with Crippen LogP contribution in [0, 0.1) is 0 Å². The Bertz CT molecular complexity index is 1590. The molecule has 0 aliphatic rings. The molecule has 44 heavy (non-hydrogen) atoms. The van der Waals surface area contributed by atoms with Crippen LogP contribution in [-0.4, -0.2) is 39.5 Å². The fourth-order valence-corrected chi connectivity index (χ4v) is 4.55. The number of carboxylic acids is 1. The molecule has 0 bridgehead atoms. The molecule has 2 aromatic heterocycles. The smallest absolute Gasteiger partial charge is 0.326 e. The predicted octanol–water partition coefficient (Wildman–Crippen LogP) is 4.43. The summed E-state index contributed by atoms with van der Waals surface area (Å²) < 4.78 is 0. The number of nitrogens with two attached hydrogens (primary N) is 1. The maximum atomic E-state index is 12.5. The number of pyridine rings is 2. The first-order valence-corrected chi connectivity index (χ1v) is 14.5. The number of carboxylic acid groups (broad SMARTS) is 1. The van der Waals surface area contributed by atoms with Crippen LogP contribution < -0.4 is 21.7 Å². The summed E-state index contributed by atoms with van der Waals surface area (Å²) in [6.45, 7) is 2.88. The van der Waals surface area contributed by atoms with Crippen LogP contribution in [0.15, 0.2) is 116 Å². The number of benzene rings is 3. The normalized spacial score (nSPS) is 11.3. The van der Waals surface area contributed by atoms with Crippen LogP contribution >= 0.6 is 0 Å². The van der Waals surface area contributed by atoms with Gasteiger partial charge < -0.3 is 26.8 Å². The highest BCUT2D eigenvalue weighted by Crippen LogP contribution is 2.17. The number of carbonyl (C=O) groups excluding carboxylic acids is 1. The number of nitrogens with one attached hydrogen (secondary N) is 3. The van der Waals surface area contributed by atoms with Crippen molar-refractivity contribution in [2.24, 2.45) is 5.73 Å². The van der Waals surface area contributed by atoms with Crippen LogP contribution in [0.2, 0.25) is 0 Å². The molecule has 0 saturated heterocycles. The number of hydrogen-bond acceptors (Lipinski definition) is 7. The Morgan fingerprint density at radius 2 is 1.36 bits per heavy atom. The quantitative estimate of drug-likeness (QED) is 0.127. The summed E-state index contributed by atoms with van der Waals surface area (Å²) in [7, 11) is 0. The van der Waals surface area contributed by atoms with E-state index in [0.717, 1.165) is 17.0 Å². The second-order valence-electron chi connectivity index (χ2n) is 10.1. The zero-order valence-corrected chi connectivity index (χ0v) is 24.5. The van der Waals surface area contributed by atoms with E-state index in [1.807, 2.05) is 66.7 Å². The summed E-state index contributed by atoms with van der Waals surface area (Å²) in [6.07, 6.45) is 3.73. The molecule has 2 heterocycles. The molecule has 0 aliphatic heterocycles. The van der Waals surface area contributed by atoms with Gasteiger partial charge >= 0.3 is 5.97 Å². The molecule has 5 aromatic rings. The van der Waals surface area contributed by atoms with Crippen LogP contribution in [0.4, 0.5) is 0 Å². The second kappa shape index (κ2) is 17.2. The van der Waals surface area contributed by atoms with Gasteiger partial charge in [0.15, 0.2) is 0 Å². The SMILES string of the molecule is NCc1cccc2ccccc12.O=C(N[C@@H](CCNCc1ccccn1)C(=O)O)c1ccc(CNCc2ccccn2)cc1. The molecular weight excluding hydrogens is 552 g/mol. The van der Waals surface area contributed by atoms with E-state index in [9.17, 15) is 14.7 Å². The fraction of sp³-hybridized carbons (Fsp3) is 0.200. The van der Waals surface area contributed by atoms with Crippen molar-refractivity contribution >= 4 is 22.6 Å². The highest BCUT2D eigenvalue weighted by molar-refractivity contribution is 5.96. The van der Waals surface area contributed by atoms with Gasteiger partial charge in [-0.15, -0.1) is 0 Å². The average Bonchev–Trinajstić information content (AvgIpc) is 3.07. The van der Waals surface area contributed by atoms with E-state index in [-0.39, 0.29) is 6.42 Å². The zero-order chi connectivity index (χ0) is 31.0. The lowest BCUT2D eigenvalue weighted by Crippen LogP contribution is -2.42. The molecule has 3 aromatic carbocycles. The van der Waals surface area contributed by atoms with Gasteiger partial charge in [-0.25, -0.2) is 4.79 Å². The van der Waals surface area contributed by atoms with Crippen molar-refractivity contribution in [1.29, 1.82) is 0 Å². The van der Waals surface area contributed by atoms with E-state index < -0.39 is 17.9 Å². The topological polar surface area (TPSA) is 142 Å². The third kappa shape index (κ3) is 10.1. The van der Waals surface area contributed by atoms with Gasteiger partial charge in [-0.2, -0.15) is 0 Å². The number of fused-ring (bicyclic) bond motifs is 1. The molecule has 1 atom stereocenters. The highest BCUT2D eigenvalue weighted by Gasteiger charge is 2.20. The predicted molar refractivity (Wildman–Crippen MR) is 173 cm³/mol. The molecule has 0 fully saturated rings. The van der Waals surface area contributed by atoms with Crippen molar-refractivity contribution in [1.82, 2.24) is 25.9 Å². The largest absolute Gasteiger partial charge is 0.480 e. The zero-order valence-electron chi connectivity index (χ0n) is 24.5. The number of aliphatic carboxylic acids is 1. The van der Waals surface area contributed by atoms with Crippen LogP contribution in [0.1, 0.15) is 39.3 Å². The molecule has 9 nitrogen and oxygen atoms in total. The van der Waals surface area contributed by atoms with Crippen LogP contribution in [0.25, 0.3) is 10.8 Å². The number of hydrogen-bond donors (Lipinski definition) is 5. The van der Waals surface area contributed by atoms with Crippen molar-refractivity contribution in [3.05, 3.63) is 144 Å². The van der Waals surface area contributed by atoms with E-state index in [1.165, 1.54) is 16.3 Å². The highest BCUT2D eigenvalue weighted by atomic mass is 16.4. The Balaban J connectivity index is 0.000000305. The van der Waals surface area contributed by atoms with Crippen molar-refractivity contribution in [3.63, 3.8) is 0 Å². The molecule has 0 saturated carbocycles. The minimum absolute atomic E-state index is 0.267. The van der Waals surface area contributed by atoms with E-state index in [0.29, 0.717) is 38.3 Å². The summed E-state index contributed by atoms with van der Waals surface area (Å²) >= 11 is 0. The molecular formula is C35H38N6O3. The molecule has 0 aliphatic carbocycles. The van der Waals surface area contributed by atoms with E-state index in [4.69, 9.17) is 5.73 Å². The van der Waals surface area contributed by atoms with Crippen LogP contribution in [0.5, 0.6) is 0 Å².